The smallest absolute Gasteiger partial charge is 0.334 e. The summed E-state index contributed by atoms with van der Waals surface area (Å²) in [5.74, 6) is -0.386. The van der Waals surface area contributed by atoms with Crippen LogP contribution in [0.1, 0.15) is 33.6 Å². The highest BCUT2D eigenvalue weighted by Crippen LogP contribution is 2.44. The van der Waals surface area contributed by atoms with Crippen molar-refractivity contribution < 1.29 is 19.1 Å². The Kier molecular flexibility index (Phi) is 2.69. The molecular weight excluding hydrogens is 222 g/mol. The summed E-state index contributed by atoms with van der Waals surface area (Å²) >= 11 is 0. The summed E-state index contributed by atoms with van der Waals surface area (Å²) in [4.78, 5) is 25.5. The molecule has 2 rings (SSSR count). The number of ether oxygens (including phenoxy) is 2. The Morgan fingerprint density at radius 2 is 2.18 bits per heavy atom. The number of fused-ring (bicyclic) bond motifs is 1. The molecule has 0 aliphatic carbocycles. The molecule has 5 nitrogen and oxygen atoms in total. The van der Waals surface area contributed by atoms with Gasteiger partial charge in [-0.2, -0.15) is 0 Å². The van der Waals surface area contributed by atoms with Gasteiger partial charge in [0.1, 0.15) is 6.23 Å². The molecule has 1 amide bonds. The normalized spacial score (nSPS) is 32.8. The van der Waals surface area contributed by atoms with E-state index < -0.39 is 5.54 Å². The zero-order valence-electron chi connectivity index (χ0n) is 10.8. The number of nitrogens with zero attached hydrogens (tertiary/aromatic N) is 1. The minimum atomic E-state index is -0.885. The van der Waals surface area contributed by atoms with Crippen LogP contribution in [-0.4, -0.2) is 42.3 Å². The zero-order chi connectivity index (χ0) is 12.8. The molecule has 0 aromatic carbocycles. The molecule has 2 saturated heterocycles. The molecule has 2 atom stereocenters. The van der Waals surface area contributed by atoms with E-state index in [1.165, 1.54) is 7.11 Å². The minimum Gasteiger partial charge on any atom is -0.467 e. The fourth-order valence-corrected chi connectivity index (χ4v) is 2.67. The maximum absolute atomic E-state index is 12.0. The lowest BCUT2D eigenvalue weighted by atomic mass is 9.91. The lowest BCUT2D eigenvalue weighted by molar-refractivity contribution is -0.158. The van der Waals surface area contributed by atoms with Gasteiger partial charge in [0.05, 0.1) is 13.7 Å². The van der Waals surface area contributed by atoms with Gasteiger partial charge in [0.15, 0.2) is 5.54 Å². The van der Waals surface area contributed by atoms with Crippen molar-refractivity contribution in [2.45, 2.75) is 45.4 Å². The largest absolute Gasteiger partial charge is 0.467 e. The summed E-state index contributed by atoms with van der Waals surface area (Å²) in [6, 6.07) is 0. The van der Waals surface area contributed by atoms with E-state index in [2.05, 4.69) is 0 Å². The van der Waals surface area contributed by atoms with Crippen LogP contribution in [0.2, 0.25) is 0 Å². The van der Waals surface area contributed by atoms with Gasteiger partial charge in [0, 0.05) is 11.8 Å². The second-order valence-corrected chi connectivity index (χ2v) is 5.82. The first kappa shape index (κ1) is 12.4. The van der Waals surface area contributed by atoms with Crippen molar-refractivity contribution in [2.24, 2.45) is 5.41 Å². The lowest BCUT2D eigenvalue weighted by Gasteiger charge is -2.36. The van der Waals surface area contributed by atoms with E-state index in [4.69, 9.17) is 9.47 Å². The third-order valence-electron chi connectivity index (χ3n) is 3.50. The Hall–Kier alpha value is -1.10. The molecule has 2 heterocycles. The lowest BCUT2D eigenvalue weighted by Crippen LogP contribution is -2.54. The Labute approximate surface area is 101 Å². The number of carbonyl (C=O) groups is 2. The second kappa shape index (κ2) is 3.70. The fourth-order valence-electron chi connectivity index (χ4n) is 2.67. The van der Waals surface area contributed by atoms with Crippen LogP contribution in [0.25, 0.3) is 0 Å². The number of methoxy groups -OCH3 is 1. The average Bonchev–Trinajstić information content (AvgIpc) is 2.76. The predicted molar refractivity (Wildman–Crippen MR) is 60.0 cm³/mol. The molecule has 0 bridgehead atoms. The van der Waals surface area contributed by atoms with Crippen molar-refractivity contribution >= 4 is 11.9 Å². The highest BCUT2D eigenvalue weighted by molar-refractivity contribution is 5.92. The minimum absolute atomic E-state index is 0.0205. The third-order valence-corrected chi connectivity index (χ3v) is 3.50. The van der Waals surface area contributed by atoms with Gasteiger partial charge >= 0.3 is 5.97 Å². The van der Waals surface area contributed by atoms with Gasteiger partial charge in [0.2, 0.25) is 5.91 Å². The summed E-state index contributed by atoms with van der Waals surface area (Å²) in [6.07, 6.45) is 0.535. The van der Waals surface area contributed by atoms with E-state index in [0.717, 1.165) is 0 Å². The van der Waals surface area contributed by atoms with Crippen LogP contribution in [0.3, 0.4) is 0 Å². The predicted octanol–water partition coefficient (Wildman–Crippen LogP) is 0.923. The molecule has 5 heteroatoms. The van der Waals surface area contributed by atoms with Crippen molar-refractivity contribution in [1.82, 2.24) is 4.90 Å². The Balaban J connectivity index is 2.37. The van der Waals surface area contributed by atoms with E-state index in [9.17, 15) is 9.59 Å². The molecular formula is C12H19NO4. The molecule has 2 aliphatic rings. The molecule has 17 heavy (non-hydrogen) atoms. The first-order valence-corrected chi connectivity index (χ1v) is 5.85. The molecule has 0 radical (unpaired) electrons. The van der Waals surface area contributed by atoms with E-state index in [1.54, 1.807) is 4.90 Å². The van der Waals surface area contributed by atoms with Gasteiger partial charge in [-0.1, -0.05) is 20.8 Å². The van der Waals surface area contributed by atoms with Gasteiger partial charge < -0.3 is 9.47 Å². The molecule has 0 N–H and O–H groups in total. The number of amides is 1. The molecule has 0 saturated carbocycles. The summed E-state index contributed by atoms with van der Waals surface area (Å²) in [5, 5.41) is 0. The number of carbonyl (C=O) groups excluding carboxylic acids is 2. The van der Waals surface area contributed by atoms with Crippen molar-refractivity contribution in [3.8, 4) is 0 Å². The monoisotopic (exact) mass is 241 g/mol. The van der Waals surface area contributed by atoms with Crippen LogP contribution < -0.4 is 0 Å². The van der Waals surface area contributed by atoms with Gasteiger partial charge in [-0.25, -0.2) is 4.79 Å². The summed E-state index contributed by atoms with van der Waals surface area (Å²) in [6.45, 7) is 6.23. The molecule has 0 aromatic rings. The molecule has 2 aliphatic heterocycles. The molecule has 0 unspecified atom stereocenters. The first-order chi connectivity index (χ1) is 7.83. The van der Waals surface area contributed by atoms with Crippen molar-refractivity contribution in [2.75, 3.05) is 13.7 Å². The van der Waals surface area contributed by atoms with Crippen LogP contribution in [0.5, 0.6) is 0 Å². The Bertz CT molecular complexity index is 360. The van der Waals surface area contributed by atoms with E-state index in [1.807, 2.05) is 20.8 Å². The zero-order valence-corrected chi connectivity index (χ0v) is 10.8. The molecule has 96 valence electrons. The quantitative estimate of drug-likeness (QED) is 0.641. The highest BCUT2D eigenvalue weighted by Gasteiger charge is 2.61. The topological polar surface area (TPSA) is 55.8 Å². The molecule has 0 spiro atoms. The number of rotatable bonds is 1. The number of esters is 1. The van der Waals surface area contributed by atoms with E-state index >= 15 is 0 Å². The third kappa shape index (κ3) is 1.64. The highest BCUT2D eigenvalue weighted by atomic mass is 16.6. The average molecular weight is 241 g/mol. The summed E-state index contributed by atoms with van der Waals surface area (Å²) < 4.78 is 10.5. The Morgan fingerprint density at radius 3 is 2.71 bits per heavy atom. The number of hydrogen-bond acceptors (Lipinski definition) is 4. The van der Waals surface area contributed by atoms with Gasteiger partial charge in [-0.3, -0.25) is 9.69 Å². The van der Waals surface area contributed by atoms with Crippen molar-refractivity contribution in [3.05, 3.63) is 0 Å². The molecule has 2 fully saturated rings. The summed E-state index contributed by atoms with van der Waals surface area (Å²) in [5.41, 5.74) is -1.10. The van der Waals surface area contributed by atoms with Crippen molar-refractivity contribution in [3.63, 3.8) is 0 Å². The van der Waals surface area contributed by atoms with Crippen molar-refractivity contribution in [1.29, 1.82) is 0 Å². The maximum Gasteiger partial charge on any atom is 0.334 e. The van der Waals surface area contributed by atoms with Crippen LogP contribution in [0.15, 0.2) is 0 Å². The van der Waals surface area contributed by atoms with Gasteiger partial charge in [0.25, 0.3) is 0 Å². The SMILES string of the molecule is COC(=O)[C@]12CCC(=O)N1[C@H](C(C)(C)C)OC2. The van der Waals surface area contributed by atoms with Crippen LogP contribution in [-0.2, 0) is 19.1 Å². The van der Waals surface area contributed by atoms with Crippen LogP contribution >= 0.6 is 0 Å². The second-order valence-electron chi connectivity index (χ2n) is 5.82. The van der Waals surface area contributed by atoms with Gasteiger partial charge in [-0.05, 0) is 6.42 Å². The maximum atomic E-state index is 12.0. The fraction of sp³-hybridized carbons (Fsp3) is 0.833. The van der Waals surface area contributed by atoms with E-state index in [0.29, 0.717) is 12.8 Å². The number of hydrogen-bond donors (Lipinski definition) is 0. The van der Waals surface area contributed by atoms with Gasteiger partial charge in [-0.15, -0.1) is 0 Å². The standard InChI is InChI=1S/C12H19NO4/c1-11(2,3)9-13-8(14)5-6-12(13,7-17-9)10(15)16-4/h9H,5-7H2,1-4H3/t9-,12+/m0/s1. The van der Waals surface area contributed by atoms with Crippen LogP contribution in [0.4, 0.5) is 0 Å². The summed E-state index contributed by atoms with van der Waals surface area (Å²) in [7, 11) is 1.35. The first-order valence-electron chi connectivity index (χ1n) is 5.85. The Morgan fingerprint density at radius 1 is 1.53 bits per heavy atom. The van der Waals surface area contributed by atoms with Crippen LogP contribution in [0, 0.1) is 5.41 Å². The van der Waals surface area contributed by atoms with E-state index in [-0.39, 0.29) is 30.1 Å². The molecule has 0 aromatic heterocycles.